The topological polar surface area (TPSA) is 32.5 Å². The van der Waals surface area contributed by atoms with E-state index in [1.54, 1.807) is 0 Å². The minimum atomic E-state index is 0.480. The van der Waals surface area contributed by atoms with E-state index >= 15 is 0 Å². The summed E-state index contributed by atoms with van der Waals surface area (Å²) in [5, 5.41) is 0. The molecule has 3 heteroatoms. The molecule has 1 aromatic carbocycles. The van der Waals surface area contributed by atoms with Gasteiger partial charge in [-0.05, 0) is 63.1 Å². The van der Waals surface area contributed by atoms with Gasteiger partial charge in [-0.15, -0.1) is 0 Å². The molecule has 1 saturated heterocycles. The van der Waals surface area contributed by atoms with Gasteiger partial charge in [0.25, 0.3) is 0 Å². The van der Waals surface area contributed by atoms with Crippen LogP contribution in [0.4, 0.5) is 5.69 Å². The van der Waals surface area contributed by atoms with Gasteiger partial charge in [0, 0.05) is 37.9 Å². The fourth-order valence-corrected chi connectivity index (χ4v) is 3.97. The van der Waals surface area contributed by atoms with Crippen LogP contribution in [0.1, 0.15) is 37.7 Å². The van der Waals surface area contributed by atoms with Gasteiger partial charge in [-0.2, -0.15) is 0 Å². The molecule has 0 bridgehead atoms. The predicted molar refractivity (Wildman–Crippen MR) is 94.4 cm³/mol. The van der Waals surface area contributed by atoms with Crippen LogP contribution in [-0.2, 0) is 0 Å². The van der Waals surface area contributed by atoms with Crippen molar-refractivity contribution in [1.29, 1.82) is 0 Å². The lowest BCUT2D eigenvalue weighted by atomic mass is 9.84. The number of hydrogen-bond donors (Lipinski definition) is 1. The van der Waals surface area contributed by atoms with Crippen LogP contribution in [0.25, 0.3) is 0 Å². The number of piperazine rings is 1. The van der Waals surface area contributed by atoms with Crippen LogP contribution in [0.2, 0.25) is 0 Å². The maximum atomic E-state index is 6.00. The first-order chi connectivity index (χ1) is 10.7. The summed E-state index contributed by atoms with van der Waals surface area (Å²) in [4.78, 5) is 5.20. The molecule has 22 heavy (non-hydrogen) atoms. The molecule has 0 spiro atoms. The number of nitrogens with zero attached hydrogens (tertiary/aromatic N) is 2. The Labute approximate surface area is 135 Å². The van der Waals surface area contributed by atoms with E-state index in [0.717, 1.165) is 5.92 Å². The Bertz CT molecular complexity index is 458. The molecule has 0 atom stereocenters. The van der Waals surface area contributed by atoms with E-state index in [1.165, 1.54) is 76.1 Å². The van der Waals surface area contributed by atoms with Gasteiger partial charge >= 0.3 is 0 Å². The molecule has 2 N–H and O–H groups in total. The van der Waals surface area contributed by atoms with E-state index < -0.39 is 0 Å². The van der Waals surface area contributed by atoms with Gasteiger partial charge in [-0.3, -0.25) is 4.90 Å². The van der Waals surface area contributed by atoms with Crippen molar-refractivity contribution in [3.63, 3.8) is 0 Å². The monoisotopic (exact) mass is 301 g/mol. The molecule has 3 rings (SSSR count). The highest BCUT2D eigenvalue weighted by Crippen LogP contribution is 2.26. The number of hydrogen-bond acceptors (Lipinski definition) is 3. The molecule has 1 aliphatic carbocycles. The van der Waals surface area contributed by atoms with Gasteiger partial charge < -0.3 is 10.6 Å². The summed E-state index contributed by atoms with van der Waals surface area (Å²) in [6.45, 7) is 8.25. The summed E-state index contributed by atoms with van der Waals surface area (Å²) in [7, 11) is 0. The van der Waals surface area contributed by atoms with E-state index in [1.807, 2.05) is 0 Å². The summed E-state index contributed by atoms with van der Waals surface area (Å²) in [5.74, 6) is 0.925. The molecule has 122 valence electrons. The highest BCUT2D eigenvalue weighted by atomic mass is 15.3. The average molecular weight is 301 g/mol. The number of para-hydroxylation sites is 1. The number of aryl methyl sites for hydroxylation is 1. The second-order valence-corrected chi connectivity index (χ2v) is 7.18. The van der Waals surface area contributed by atoms with Crippen molar-refractivity contribution < 1.29 is 0 Å². The van der Waals surface area contributed by atoms with Crippen LogP contribution in [-0.4, -0.2) is 43.7 Å². The summed E-state index contributed by atoms with van der Waals surface area (Å²) in [5.41, 5.74) is 8.82. The first-order valence-corrected chi connectivity index (χ1v) is 9.01. The van der Waals surface area contributed by atoms with E-state index in [4.69, 9.17) is 5.73 Å². The maximum Gasteiger partial charge on any atom is 0.0396 e. The molecule has 0 radical (unpaired) electrons. The molecule has 0 unspecified atom stereocenters. The second kappa shape index (κ2) is 7.47. The third-order valence-corrected chi connectivity index (χ3v) is 5.57. The fourth-order valence-electron chi connectivity index (χ4n) is 3.97. The molecule has 2 fully saturated rings. The van der Waals surface area contributed by atoms with E-state index in [9.17, 15) is 0 Å². The van der Waals surface area contributed by atoms with Crippen LogP contribution in [0.3, 0.4) is 0 Å². The average Bonchev–Trinajstić information content (AvgIpc) is 2.55. The second-order valence-electron chi connectivity index (χ2n) is 7.18. The molecule has 1 saturated carbocycles. The van der Waals surface area contributed by atoms with E-state index in [-0.39, 0.29) is 0 Å². The Morgan fingerprint density at radius 3 is 2.36 bits per heavy atom. The molecule has 0 amide bonds. The standard InChI is InChI=1S/C19H31N3/c1-16-4-2-3-5-19(16)22-14-12-21(13-15-22)11-10-17-6-8-18(20)9-7-17/h2-5,17-18H,6-15,20H2,1H3. The van der Waals surface area contributed by atoms with Crippen LogP contribution in [0.15, 0.2) is 24.3 Å². The van der Waals surface area contributed by atoms with E-state index in [0.29, 0.717) is 6.04 Å². The Hall–Kier alpha value is -1.06. The van der Waals surface area contributed by atoms with Gasteiger partial charge in [-0.1, -0.05) is 18.2 Å². The molecular weight excluding hydrogens is 270 g/mol. The summed E-state index contributed by atoms with van der Waals surface area (Å²) < 4.78 is 0. The minimum absolute atomic E-state index is 0.480. The van der Waals surface area contributed by atoms with Gasteiger partial charge in [0.15, 0.2) is 0 Å². The van der Waals surface area contributed by atoms with Crippen molar-refractivity contribution in [3.05, 3.63) is 29.8 Å². The molecule has 0 aromatic heterocycles. The first kappa shape index (κ1) is 15.8. The lowest BCUT2D eigenvalue weighted by Gasteiger charge is -2.37. The molecule has 3 nitrogen and oxygen atoms in total. The summed E-state index contributed by atoms with van der Waals surface area (Å²) >= 11 is 0. The number of nitrogens with two attached hydrogens (primary N) is 1. The highest BCUT2D eigenvalue weighted by molar-refractivity contribution is 5.53. The predicted octanol–water partition coefficient (Wildman–Crippen LogP) is 3.02. The number of rotatable bonds is 4. The molecule has 2 aliphatic rings. The molecule has 1 aliphatic heterocycles. The molecular formula is C19H31N3. The number of anilines is 1. The van der Waals surface area contributed by atoms with Crippen LogP contribution in [0, 0.1) is 12.8 Å². The quantitative estimate of drug-likeness (QED) is 0.928. The Balaban J connectivity index is 1.41. The van der Waals surface area contributed by atoms with Gasteiger partial charge in [-0.25, -0.2) is 0 Å². The Morgan fingerprint density at radius 2 is 1.68 bits per heavy atom. The largest absolute Gasteiger partial charge is 0.369 e. The van der Waals surface area contributed by atoms with Crippen LogP contribution < -0.4 is 10.6 Å². The molecule has 1 heterocycles. The zero-order valence-electron chi connectivity index (χ0n) is 14.0. The minimum Gasteiger partial charge on any atom is -0.369 e. The summed E-state index contributed by atoms with van der Waals surface area (Å²) in [6, 6.07) is 9.24. The maximum absolute atomic E-state index is 6.00. The van der Waals surface area contributed by atoms with Crippen molar-refractivity contribution in [2.75, 3.05) is 37.6 Å². The van der Waals surface area contributed by atoms with Gasteiger partial charge in [0.2, 0.25) is 0 Å². The van der Waals surface area contributed by atoms with Crippen LogP contribution in [0.5, 0.6) is 0 Å². The van der Waals surface area contributed by atoms with Crippen molar-refractivity contribution in [1.82, 2.24) is 4.90 Å². The lowest BCUT2D eigenvalue weighted by molar-refractivity contribution is 0.217. The zero-order chi connectivity index (χ0) is 15.4. The fraction of sp³-hybridized carbons (Fsp3) is 0.684. The Kier molecular flexibility index (Phi) is 5.37. The summed E-state index contributed by atoms with van der Waals surface area (Å²) in [6.07, 6.45) is 6.56. The SMILES string of the molecule is Cc1ccccc1N1CCN(CCC2CCC(N)CC2)CC1. The third kappa shape index (κ3) is 4.02. The smallest absolute Gasteiger partial charge is 0.0396 e. The zero-order valence-corrected chi connectivity index (χ0v) is 14.0. The Morgan fingerprint density at radius 1 is 1.00 bits per heavy atom. The lowest BCUT2D eigenvalue weighted by Crippen LogP contribution is -2.47. The van der Waals surface area contributed by atoms with E-state index in [2.05, 4.69) is 41.0 Å². The highest BCUT2D eigenvalue weighted by Gasteiger charge is 2.21. The third-order valence-electron chi connectivity index (χ3n) is 5.57. The van der Waals surface area contributed by atoms with Crippen molar-refractivity contribution in [2.45, 2.75) is 45.1 Å². The van der Waals surface area contributed by atoms with Crippen molar-refractivity contribution >= 4 is 5.69 Å². The normalized spacial score (nSPS) is 27.1. The molecule has 1 aromatic rings. The van der Waals surface area contributed by atoms with Gasteiger partial charge in [0.1, 0.15) is 0 Å². The first-order valence-electron chi connectivity index (χ1n) is 9.01. The van der Waals surface area contributed by atoms with Gasteiger partial charge in [0.05, 0.1) is 0 Å². The van der Waals surface area contributed by atoms with Crippen LogP contribution >= 0.6 is 0 Å². The van der Waals surface area contributed by atoms with Crippen molar-refractivity contribution in [2.24, 2.45) is 11.7 Å². The number of benzene rings is 1. The van der Waals surface area contributed by atoms with Crippen molar-refractivity contribution in [3.8, 4) is 0 Å².